The molecule has 1 aromatic rings. The Hall–Kier alpha value is -1.76. The number of benzene rings is 1. The number of carbonyl (C=O) groups excluding carboxylic acids is 1. The highest BCUT2D eigenvalue weighted by Crippen LogP contribution is 2.24. The van der Waals surface area contributed by atoms with Gasteiger partial charge < -0.3 is 10.1 Å². The summed E-state index contributed by atoms with van der Waals surface area (Å²) in [6.45, 7) is 7.82. The topological polar surface area (TPSA) is 75.7 Å². The maximum atomic E-state index is 12.3. The average molecular weight is 342 g/mol. The number of nitrogens with one attached hydrogen (secondary N) is 1. The lowest BCUT2D eigenvalue weighted by Gasteiger charge is -2.29. The molecule has 1 N–H and O–H groups in total. The first-order chi connectivity index (χ1) is 10.7. The van der Waals surface area contributed by atoms with E-state index in [2.05, 4.69) is 5.32 Å². The third-order valence-corrected chi connectivity index (χ3v) is 4.73. The van der Waals surface area contributed by atoms with Crippen molar-refractivity contribution in [3.63, 3.8) is 0 Å². The summed E-state index contributed by atoms with van der Waals surface area (Å²) in [4.78, 5) is 12.3. The zero-order chi connectivity index (χ0) is 17.6. The van der Waals surface area contributed by atoms with Crippen LogP contribution in [0, 0.1) is 0 Å². The van der Waals surface area contributed by atoms with Gasteiger partial charge in [0.1, 0.15) is 11.8 Å². The Bertz CT molecular complexity index is 613. The van der Waals surface area contributed by atoms with Crippen LogP contribution in [0.4, 0.5) is 5.69 Å². The van der Waals surface area contributed by atoms with Crippen LogP contribution in [0.2, 0.25) is 0 Å². The molecule has 0 aliphatic rings. The van der Waals surface area contributed by atoms with E-state index in [4.69, 9.17) is 4.74 Å². The van der Waals surface area contributed by atoms with Gasteiger partial charge in [0.05, 0.1) is 18.6 Å². The number of anilines is 1. The summed E-state index contributed by atoms with van der Waals surface area (Å²) >= 11 is 0. The van der Waals surface area contributed by atoms with Crippen LogP contribution in [0.25, 0.3) is 0 Å². The first-order valence-corrected chi connectivity index (χ1v) is 9.58. The van der Waals surface area contributed by atoms with Crippen LogP contribution < -0.4 is 14.4 Å². The van der Waals surface area contributed by atoms with E-state index < -0.39 is 16.1 Å². The second-order valence-corrected chi connectivity index (χ2v) is 7.34. The molecule has 2 atom stereocenters. The molecule has 0 saturated heterocycles. The predicted molar refractivity (Wildman–Crippen MR) is 92.3 cm³/mol. The number of sulfonamides is 1. The fraction of sp³-hybridized carbons (Fsp3) is 0.562. The fourth-order valence-corrected chi connectivity index (χ4v) is 3.31. The average Bonchev–Trinajstić information content (AvgIpc) is 2.47. The lowest BCUT2D eigenvalue weighted by molar-refractivity contribution is -0.122. The maximum absolute atomic E-state index is 12.3. The van der Waals surface area contributed by atoms with Gasteiger partial charge in [0.25, 0.3) is 0 Å². The number of hydrogen-bond acceptors (Lipinski definition) is 4. The van der Waals surface area contributed by atoms with Crippen molar-refractivity contribution in [2.24, 2.45) is 0 Å². The molecule has 1 rings (SSSR count). The maximum Gasteiger partial charge on any atom is 0.243 e. The van der Waals surface area contributed by atoms with Crippen LogP contribution in [0.5, 0.6) is 5.75 Å². The summed E-state index contributed by atoms with van der Waals surface area (Å²) in [5.74, 6) is 0.333. The van der Waals surface area contributed by atoms with Crippen LogP contribution in [-0.2, 0) is 14.8 Å². The molecule has 1 amide bonds. The molecule has 23 heavy (non-hydrogen) atoms. The van der Waals surface area contributed by atoms with Crippen molar-refractivity contribution >= 4 is 21.6 Å². The van der Waals surface area contributed by atoms with E-state index in [0.29, 0.717) is 18.0 Å². The standard InChI is InChI=1S/C16H26N2O4S/c1-6-12(3)17-16(19)13(4)18(23(5,20)21)14-8-10-15(11-9-14)22-7-2/h8-13H,6-7H2,1-5H3,(H,17,19)/t12-,13-/m0/s1. The molecule has 1 aromatic carbocycles. The Morgan fingerprint density at radius 2 is 1.78 bits per heavy atom. The molecule has 130 valence electrons. The summed E-state index contributed by atoms with van der Waals surface area (Å²) in [5, 5.41) is 2.81. The van der Waals surface area contributed by atoms with E-state index >= 15 is 0 Å². The van der Waals surface area contributed by atoms with Crippen molar-refractivity contribution in [2.75, 3.05) is 17.2 Å². The Kier molecular flexibility index (Phi) is 6.87. The minimum Gasteiger partial charge on any atom is -0.494 e. The van der Waals surface area contributed by atoms with Gasteiger partial charge in [-0.05, 0) is 51.5 Å². The van der Waals surface area contributed by atoms with Crippen molar-refractivity contribution in [2.45, 2.75) is 46.2 Å². The fourth-order valence-electron chi connectivity index (χ4n) is 2.13. The summed E-state index contributed by atoms with van der Waals surface area (Å²) in [6.07, 6.45) is 1.87. The van der Waals surface area contributed by atoms with Gasteiger partial charge in [-0.25, -0.2) is 8.42 Å². The zero-order valence-electron chi connectivity index (χ0n) is 14.4. The number of ether oxygens (including phenoxy) is 1. The smallest absolute Gasteiger partial charge is 0.243 e. The van der Waals surface area contributed by atoms with Gasteiger partial charge in [0, 0.05) is 6.04 Å². The number of amides is 1. The Morgan fingerprint density at radius 1 is 1.22 bits per heavy atom. The normalized spacial score (nSPS) is 14.0. The highest BCUT2D eigenvalue weighted by atomic mass is 32.2. The van der Waals surface area contributed by atoms with Crippen LogP contribution in [0.15, 0.2) is 24.3 Å². The van der Waals surface area contributed by atoms with Gasteiger partial charge in [-0.2, -0.15) is 0 Å². The first-order valence-electron chi connectivity index (χ1n) is 7.73. The van der Waals surface area contributed by atoms with E-state index in [-0.39, 0.29) is 11.9 Å². The lowest BCUT2D eigenvalue weighted by Crippen LogP contribution is -2.49. The quantitative estimate of drug-likeness (QED) is 0.785. The molecule has 0 spiro atoms. The number of nitrogens with zero attached hydrogens (tertiary/aromatic N) is 1. The molecule has 0 heterocycles. The van der Waals surface area contributed by atoms with Crippen molar-refractivity contribution in [1.29, 1.82) is 0 Å². The molecule has 6 nitrogen and oxygen atoms in total. The molecule has 0 saturated carbocycles. The number of carbonyl (C=O) groups is 1. The number of hydrogen-bond donors (Lipinski definition) is 1. The van der Waals surface area contributed by atoms with E-state index in [1.807, 2.05) is 20.8 Å². The second-order valence-electron chi connectivity index (χ2n) is 5.48. The van der Waals surface area contributed by atoms with Gasteiger partial charge in [-0.1, -0.05) is 6.92 Å². The highest BCUT2D eigenvalue weighted by Gasteiger charge is 2.29. The summed E-state index contributed by atoms with van der Waals surface area (Å²) in [6, 6.07) is 5.81. The minimum atomic E-state index is -3.60. The van der Waals surface area contributed by atoms with Crippen LogP contribution in [0.3, 0.4) is 0 Å². The van der Waals surface area contributed by atoms with Crippen molar-refractivity contribution in [3.8, 4) is 5.75 Å². The van der Waals surface area contributed by atoms with Crippen LogP contribution in [-0.4, -0.2) is 39.3 Å². The predicted octanol–water partition coefficient (Wildman–Crippen LogP) is 2.15. The lowest BCUT2D eigenvalue weighted by atomic mass is 10.2. The molecule has 0 aliphatic heterocycles. The molecule has 0 bridgehead atoms. The van der Waals surface area contributed by atoms with Crippen LogP contribution >= 0.6 is 0 Å². The summed E-state index contributed by atoms with van der Waals surface area (Å²) in [7, 11) is -3.60. The third kappa shape index (κ3) is 5.42. The van der Waals surface area contributed by atoms with E-state index in [0.717, 1.165) is 17.0 Å². The molecule has 0 fully saturated rings. The Balaban J connectivity index is 3.07. The van der Waals surface area contributed by atoms with Crippen LogP contribution in [0.1, 0.15) is 34.1 Å². The Labute approximate surface area is 138 Å². The van der Waals surface area contributed by atoms with Gasteiger partial charge in [-0.3, -0.25) is 9.10 Å². The van der Waals surface area contributed by atoms with Gasteiger partial charge >= 0.3 is 0 Å². The Morgan fingerprint density at radius 3 is 2.22 bits per heavy atom. The SMILES string of the molecule is CCOc1ccc(N([C@@H](C)C(=O)N[C@@H](C)CC)S(C)(=O)=O)cc1. The molecule has 0 unspecified atom stereocenters. The van der Waals surface area contributed by atoms with Crippen molar-refractivity contribution < 1.29 is 17.9 Å². The molecular formula is C16H26N2O4S. The van der Waals surface area contributed by atoms with Gasteiger partial charge in [0.2, 0.25) is 15.9 Å². The monoisotopic (exact) mass is 342 g/mol. The molecular weight excluding hydrogens is 316 g/mol. The summed E-state index contributed by atoms with van der Waals surface area (Å²) in [5.41, 5.74) is 0.433. The summed E-state index contributed by atoms with van der Waals surface area (Å²) < 4.78 is 30.8. The van der Waals surface area contributed by atoms with E-state index in [1.165, 1.54) is 0 Å². The highest BCUT2D eigenvalue weighted by molar-refractivity contribution is 7.92. The van der Waals surface area contributed by atoms with Crippen molar-refractivity contribution in [3.05, 3.63) is 24.3 Å². The van der Waals surface area contributed by atoms with Gasteiger partial charge in [-0.15, -0.1) is 0 Å². The van der Waals surface area contributed by atoms with Gasteiger partial charge in [0.15, 0.2) is 0 Å². The molecule has 7 heteroatoms. The second kappa shape index (κ2) is 8.19. The van der Waals surface area contributed by atoms with E-state index in [1.54, 1.807) is 31.2 Å². The third-order valence-electron chi connectivity index (χ3n) is 3.49. The van der Waals surface area contributed by atoms with E-state index in [9.17, 15) is 13.2 Å². The van der Waals surface area contributed by atoms with Crippen molar-refractivity contribution in [1.82, 2.24) is 5.32 Å². The minimum absolute atomic E-state index is 0.00769. The largest absolute Gasteiger partial charge is 0.494 e. The molecule has 0 aromatic heterocycles. The molecule has 0 radical (unpaired) electrons. The first kappa shape index (κ1) is 19.3. The number of rotatable bonds is 8. The zero-order valence-corrected chi connectivity index (χ0v) is 15.2. The molecule has 0 aliphatic carbocycles.